The van der Waals surface area contributed by atoms with Crippen LogP contribution in [0.5, 0.6) is 0 Å². The molecule has 1 aromatic rings. The predicted octanol–water partition coefficient (Wildman–Crippen LogP) is 5.29. The number of aliphatic hydroxyl groups is 1. The van der Waals surface area contributed by atoms with Crippen LogP contribution in [0.4, 0.5) is 30.7 Å². The number of hydrogen-bond acceptors (Lipinski definition) is 3. The Morgan fingerprint density at radius 3 is 1.89 bits per heavy atom. The molecule has 1 N–H and O–H groups in total. The van der Waals surface area contributed by atoms with Crippen LogP contribution < -0.4 is 0 Å². The van der Waals surface area contributed by atoms with Gasteiger partial charge in [-0.05, 0) is 44.4 Å². The summed E-state index contributed by atoms with van der Waals surface area (Å²) >= 11 is 0. The minimum Gasteiger partial charge on any atom is -0.491 e. The van der Waals surface area contributed by atoms with Crippen LogP contribution in [0.15, 0.2) is 23.5 Å². The van der Waals surface area contributed by atoms with Gasteiger partial charge in [0.15, 0.2) is 5.76 Å². The first-order chi connectivity index (χ1) is 12.6. The number of nitrogens with zero attached hydrogens (tertiary/aromatic N) is 1. The molecule has 3 nitrogen and oxygen atoms in total. The van der Waals surface area contributed by atoms with Crippen LogP contribution in [0.1, 0.15) is 35.3 Å². The number of ether oxygens (including phenoxy) is 1. The largest absolute Gasteiger partial charge is 0.491 e. The average Bonchev–Trinajstić information content (AvgIpc) is 2.52. The van der Waals surface area contributed by atoms with Crippen LogP contribution in [-0.2, 0) is 4.74 Å². The average molecular weight is 413 g/mol. The number of nitriles is 1. The third-order valence-electron chi connectivity index (χ3n) is 3.97. The molecule has 0 amide bonds. The molecular weight excluding hydrogens is 395 g/mol. The molecule has 1 atom stereocenters. The molecule has 28 heavy (non-hydrogen) atoms. The van der Waals surface area contributed by atoms with Crippen LogP contribution in [0.25, 0.3) is 0 Å². The zero-order chi connectivity index (χ0) is 22.1. The third kappa shape index (κ3) is 4.09. The highest BCUT2D eigenvalue weighted by Gasteiger charge is 2.75. The Hall–Kier alpha value is -2.28. The summed E-state index contributed by atoms with van der Waals surface area (Å²) in [6, 6.07) is 4.17. The molecule has 156 valence electrons. The van der Waals surface area contributed by atoms with E-state index in [1.54, 1.807) is 6.92 Å². The summed E-state index contributed by atoms with van der Waals surface area (Å²) in [6.45, 7) is 4.96. The van der Waals surface area contributed by atoms with E-state index in [4.69, 9.17) is 0 Å². The second kappa shape index (κ2) is 7.99. The molecule has 0 saturated carbocycles. The zero-order valence-electron chi connectivity index (χ0n) is 15.4. The fourth-order valence-corrected chi connectivity index (χ4v) is 2.81. The van der Waals surface area contributed by atoms with E-state index in [0.29, 0.717) is 11.1 Å². The molecule has 0 aliphatic carbocycles. The highest BCUT2D eigenvalue weighted by Crippen LogP contribution is 2.51. The molecule has 0 spiro atoms. The number of aliphatic hydroxyl groups excluding tert-OH is 1. The van der Waals surface area contributed by atoms with Crippen molar-refractivity contribution in [3.8, 4) is 6.07 Å². The van der Waals surface area contributed by atoms with Crippen LogP contribution in [-0.4, -0.2) is 29.7 Å². The molecule has 0 aromatic heterocycles. The summed E-state index contributed by atoms with van der Waals surface area (Å²) in [4.78, 5) is 0. The van der Waals surface area contributed by atoms with Crippen molar-refractivity contribution in [3.05, 3.63) is 45.7 Å². The zero-order valence-corrected chi connectivity index (χ0v) is 15.4. The lowest BCUT2D eigenvalue weighted by Crippen LogP contribution is -2.53. The summed E-state index contributed by atoms with van der Waals surface area (Å²) < 4.78 is 97.4. The highest BCUT2D eigenvalue weighted by molar-refractivity contribution is 5.46. The number of allylic oxidation sites excluding steroid dienone is 1. The van der Waals surface area contributed by atoms with Crippen LogP contribution in [0.2, 0.25) is 0 Å². The smallest absolute Gasteiger partial charge is 0.460 e. The number of rotatable bonds is 6. The molecule has 0 bridgehead atoms. The number of hydrogen-bond donors (Lipinski definition) is 1. The lowest BCUT2D eigenvalue weighted by atomic mass is 9.90. The van der Waals surface area contributed by atoms with E-state index >= 15 is 0 Å². The maximum atomic E-state index is 14.2. The van der Waals surface area contributed by atoms with E-state index in [0.717, 1.165) is 18.6 Å². The molecule has 0 fully saturated rings. The molecule has 1 aromatic carbocycles. The number of halogens is 7. The van der Waals surface area contributed by atoms with Gasteiger partial charge in [0.05, 0.1) is 6.61 Å². The van der Waals surface area contributed by atoms with Gasteiger partial charge in [0.25, 0.3) is 0 Å². The van der Waals surface area contributed by atoms with E-state index in [9.17, 15) is 41.1 Å². The van der Waals surface area contributed by atoms with Crippen molar-refractivity contribution in [1.29, 1.82) is 5.26 Å². The van der Waals surface area contributed by atoms with E-state index in [1.807, 2.05) is 0 Å². The minimum absolute atomic E-state index is 0.0644. The van der Waals surface area contributed by atoms with Gasteiger partial charge in [0.2, 0.25) is 0 Å². The van der Waals surface area contributed by atoms with Crippen molar-refractivity contribution in [2.45, 2.75) is 51.8 Å². The lowest BCUT2D eigenvalue weighted by molar-refractivity contribution is -0.350. The Morgan fingerprint density at radius 2 is 1.54 bits per heavy atom. The Morgan fingerprint density at radius 1 is 1.07 bits per heavy atom. The van der Waals surface area contributed by atoms with Crippen LogP contribution in [0, 0.1) is 32.1 Å². The molecule has 0 aliphatic rings. The van der Waals surface area contributed by atoms with Gasteiger partial charge in [-0.1, -0.05) is 17.7 Å². The van der Waals surface area contributed by atoms with Crippen LogP contribution >= 0.6 is 0 Å². The maximum Gasteiger partial charge on any atom is 0.460 e. The van der Waals surface area contributed by atoms with Gasteiger partial charge < -0.3 is 9.84 Å². The second-order valence-electron chi connectivity index (χ2n) is 6.15. The van der Waals surface area contributed by atoms with Crippen molar-refractivity contribution in [2.24, 2.45) is 0 Å². The summed E-state index contributed by atoms with van der Waals surface area (Å²) in [7, 11) is 0. The second-order valence-corrected chi connectivity index (χ2v) is 6.15. The maximum absolute atomic E-state index is 14.2. The van der Waals surface area contributed by atoms with Crippen molar-refractivity contribution in [3.63, 3.8) is 0 Å². The van der Waals surface area contributed by atoms with Gasteiger partial charge >= 0.3 is 18.0 Å². The molecular formula is C18H18F7NO2. The molecule has 0 radical (unpaired) electrons. The molecule has 1 unspecified atom stereocenters. The summed E-state index contributed by atoms with van der Waals surface area (Å²) in [5, 5.41) is 19.7. The predicted molar refractivity (Wildman–Crippen MR) is 85.8 cm³/mol. The van der Waals surface area contributed by atoms with Gasteiger partial charge in [0.1, 0.15) is 17.7 Å². The molecule has 0 aliphatic heterocycles. The number of alkyl halides is 7. The standard InChI is InChI=1S/C18H18F7NO2/c1-5-28-15(16(19,20)17(21,22)18(23,24)25)12(8-26)14(27)13-10(3)6-9(2)7-11(13)4/h6-7,14,27H,5H2,1-4H3/b15-12-. The SMILES string of the molecule is CCO/C(=C(/C#N)C(O)c1c(C)cc(C)cc1C)C(F)(F)C(F)(F)C(F)(F)F. The van der Waals surface area contributed by atoms with E-state index in [1.165, 1.54) is 26.0 Å². The van der Waals surface area contributed by atoms with Crippen molar-refractivity contribution < 1.29 is 40.6 Å². The summed E-state index contributed by atoms with van der Waals surface area (Å²) in [6.07, 6.45) is -8.80. The van der Waals surface area contributed by atoms with Gasteiger partial charge in [-0.3, -0.25) is 0 Å². The van der Waals surface area contributed by atoms with Gasteiger partial charge in [-0.15, -0.1) is 0 Å². The monoisotopic (exact) mass is 413 g/mol. The summed E-state index contributed by atoms with van der Waals surface area (Å²) in [5.74, 6) is -14.7. The first-order valence-electron chi connectivity index (χ1n) is 7.99. The summed E-state index contributed by atoms with van der Waals surface area (Å²) in [5.41, 5.74) is -0.0947. The Kier molecular flexibility index (Phi) is 6.78. The van der Waals surface area contributed by atoms with Crippen LogP contribution in [0.3, 0.4) is 0 Å². The van der Waals surface area contributed by atoms with Gasteiger partial charge in [-0.2, -0.15) is 36.0 Å². The minimum atomic E-state index is -6.61. The molecule has 0 saturated heterocycles. The van der Waals surface area contributed by atoms with E-state index < -0.39 is 42.1 Å². The highest BCUT2D eigenvalue weighted by atomic mass is 19.4. The van der Waals surface area contributed by atoms with Crippen molar-refractivity contribution in [2.75, 3.05) is 6.61 Å². The normalized spacial score (nSPS) is 15.0. The number of aryl methyl sites for hydroxylation is 3. The quantitative estimate of drug-likeness (QED) is 0.392. The van der Waals surface area contributed by atoms with Crippen molar-refractivity contribution >= 4 is 0 Å². The molecule has 0 heterocycles. The topological polar surface area (TPSA) is 53.2 Å². The molecule has 1 rings (SSSR count). The van der Waals surface area contributed by atoms with E-state index in [-0.39, 0.29) is 5.56 Å². The fourth-order valence-electron chi connectivity index (χ4n) is 2.81. The number of benzene rings is 1. The fraction of sp³-hybridized carbons (Fsp3) is 0.500. The van der Waals surface area contributed by atoms with Gasteiger partial charge in [0, 0.05) is 0 Å². The molecule has 10 heteroatoms. The Labute approximate surface area is 157 Å². The van der Waals surface area contributed by atoms with Crippen molar-refractivity contribution in [1.82, 2.24) is 0 Å². The Bertz CT molecular complexity index is 784. The van der Waals surface area contributed by atoms with E-state index in [2.05, 4.69) is 4.74 Å². The van der Waals surface area contributed by atoms with Gasteiger partial charge in [-0.25, -0.2) is 0 Å². The lowest BCUT2D eigenvalue weighted by Gasteiger charge is -2.31. The third-order valence-corrected chi connectivity index (χ3v) is 3.97. The first kappa shape index (κ1) is 23.8. The first-order valence-corrected chi connectivity index (χ1v) is 7.99. The Balaban J connectivity index is 3.77.